The number of benzene rings is 2. The molecule has 1 fully saturated rings. The summed E-state index contributed by atoms with van der Waals surface area (Å²) in [5.74, 6) is 0.119. The summed E-state index contributed by atoms with van der Waals surface area (Å²) >= 11 is 1.50. The van der Waals surface area contributed by atoms with Crippen molar-refractivity contribution in [3.63, 3.8) is 0 Å². The molecule has 1 atom stereocenters. The van der Waals surface area contributed by atoms with Crippen molar-refractivity contribution in [1.82, 2.24) is 9.88 Å². The van der Waals surface area contributed by atoms with E-state index in [1.807, 2.05) is 11.0 Å². The number of aromatic nitrogens is 1. The van der Waals surface area contributed by atoms with Gasteiger partial charge in [-0.15, -0.1) is 11.3 Å². The van der Waals surface area contributed by atoms with Crippen molar-refractivity contribution < 1.29 is 4.79 Å². The fourth-order valence-corrected chi connectivity index (χ4v) is 5.25. The van der Waals surface area contributed by atoms with Gasteiger partial charge >= 0.3 is 0 Å². The van der Waals surface area contributed by atoms with E-state index < -0.39 is 0 Å². The lowest BCUT2D eigenvalue weighted by molar-refractivity contribution is 0.0731. The minimum atomic E-state index is 0.119. The maximum atomic E-state index is 13.2. The number of hydrogen-bond donors (Lipinski definition) is 0. The van der Waals surface area contributed by atoms with Crippen molar-refractivity contribution in [2.45, 2.75) is 26.8 Å². The van der Waals surface area contributed by atoms with Crippen LogP contribution in [0.2, 0.25) is 0 Å². The highest BCUT2D eigenvalue weighted by atomic mass is 32.1. The lowest BCUT2D eigenvalue weighted by Gasteiger charge is -2.41. The average molecular weight is 416 g/mol. The third-order valence-corrected chi connectivity index (χ3v) is 6.98. The van der Waals surface area contributed by atoms with Gasteiger partial charge in [0.1, 0.15) is 4.83 Å². The van der Waals surface area contributed by atoms with E-state index in [0.29, 0.717) is 0 Å². The van der Waals surface area contributed by atoms with Gasteiger partial charge in [0, 0.05) is 42.1 Å². The summed E-state index contributed by atoms with van der Waals surface area (Å²) in [4.78, 5) is 24.1. The molecular weight excluding hydrogens is 390 g/mol. The molecule has 1 saturated heterocycles. The van der Waals surface area contributed by atoms with Crippen LogP contribution in [0.5, 0.6) is 0 Å². The number of nitrogens with zero attached hydrogens (tertiary/aromatic N) is 3. The van der Waals surface area contributed by atoms with Crippen LogP contribution in [-0.4, -0.2) is 41.5 Å². The third kappa shape index (κ3) is 3.43. The molecule has 0 bridgehead atoms. The Kier molecular flexibility index (Phi) is 4.70. The fourth-order valence-electron chi connectivity index (χ4n) is 4.26. The quantitative estimate of drug-likeness (QED) is 0.439. The summed E-state index contributed by atoms with van der Waals surface area (Å²) in [6, 6.07) is 19.4. The molecule has 1 amide bonds. The van der Waals surface area contributed by atoms with Crippen LogP contribution in [0, 0.1) is 13.8 Å². The Balaban J connectivity index is 1.37. The molecule has 1 aliphatic heterocycles. The van der Waals surface area contributed by atoms with E-state index in [4.69, 9.17) is 4.98 Å². The molecular formula is C25H25N3OS. The van der Waals surface area contributed by atoms with Crippen molar-refractivity contribution in [3.8, 4) is 0 Å². The summed E-state index contributed by atoms with van der Waals surface area (Å²) in [6.07, 6.45) is 0. The highest BCUT2D eigenvalue weighted by Crippen LogP contribution is 2.30. The maximum Gasteiger partial charge on any atom is 0.264 e. The maximum absolute atomic E-state index is 13.2. The molecule has 0 N–H and O–H groups in total. The molecule has 0 aliphatic carbocycles. The molecule has 5 rings (SSSR count). The topological polar surface area (TPSA) is 36.4 Å². The van der Waals surface area contributed by atoms with Crippen LogP contribution in [0.25, 0.3) is 21.1 Å². The number of rotatable bonds is 2. The molecule has 0 saturated carbocycles. The molecule has 1 aliphatic rings. The van der Waals surface area contributed by atoms with Crippen LogP contribution < -0.4 is 4.90 Å². The fraction of sp³-hybridized carbons (Fsp3) is 0.280. The smallest absolute Gasteiger partial charge is 0.264 e. The first-order chi connectivity index (χ1) is 14.5. The SMILES string of the molecule is Cc1ccc(N2CCN(C(=O)c3cc4cc5ccc(C)cc5nc4s3)C[C@@H]2C)cc1. The number of amides is 1. The van der Waals surface area contributed by atoms with E-state index in [-0.39, 0.29) is 11.9 Å². The second-order valence-electron chi connectivity index (χ2n) is 8.32. The lowest BCUT2D eigenvalue weighted by atomic mass is 10.1. The van der Waals surface area contributed by atoms with E-state index >= 15 is 0 Å². The van der Waals surface area contributed by atoms with Crippen molar-refractivity contribution in [1.29, 1.82) is 0 Å². The van der Waals surface area contributed by atoms with Gasteiger partial charge in [-0.25, -0.2) is 4.98 Å². The highest BCUT2D eigenvalue weighted by Gasteiger charge is 2.28. The molecule has 30 heavy (non-hydrogen) atoms. The normalized spacial score (nSPS) is 17.1. The Hall–Kier alpha value is -2.92. The Morgan fingerprint density at radius 3 is 2.50 bits per heavy atom. The van der Waals surface area contributed by atoms with Gasteiger partial charge in [0.2, 0.25) is 0 Å². The van der Waals surface area contributed by atoms with Gasteiger partial charge in [0.25, 0.3) is 5.91 Å². The summed E-state index contributed by atoms with van der Waals surface area (Å²) in [6.45, 7) is 8.69. The van der Waals surface area contributed by atoms with Gasteiger partial charge in [0.15, 0.2) is 0 Å². The number of carbonyl (C=O) groups excluding carboxylic acids is 1. The van der Waals surface area contributed by atoms with Crippen LogP contribution in [-0.2, 0) is 0 Å². The van der Waals surface area contributed by atoms with E-state index in [9.17, 15) is 4.79 Å². The molecule has 152 valence electrons. The predicted molar refractivity (Wildman–Crippen MR) is 126 cm³/mol. The molecule has 2 aromatic heterocycles. The number of fused-ring (bicyclic) bond motifs is 2. The van der Waals surface area contributed by atoms with Crippen LogP contribution in [0.15, 0.2) is 54.6 Å². The van der Waals surface area contributed by atoms with Crippen molar-refractivity contribution in [3.05, 3.63) is 70.6 Å². The number of carbonyl (C=O) groups is 1. The monoisotopic (exact) mass is 415 g/mol. The minimum Gasteiger partial charge on any atom is -0.365 e. The van der Waals surface area contributed by atoms with Crippen LogP contribution in [0.3, 0.4) is 0 Å². The van der Waals surface area contributed by atoms with Crippen molar-refractivity contribution in [2.24, 2.45) is 0 Å². The number of piperazine rings is 1. The number of thiophene rings is 1. The van der Waals surface area contributed by atoms with Crippen LogP contribution in [0.4, 0.5) is 5.69 Å². The van der Waals surface area contributed by atoms with Gasteiger partial charge in [-0.05, 0) is 56.7 Å². The van der Waals surface area contributed by atoms with Gasteiger partial charge in [0.05, 0.1) is 10.4 Å². The van der Waals surface area contributed by atoms with E-state index in [1.54, 1.807) is 0 Å². The molecule has 0 unspecified atom stereocenters. The Bertz CT molecular complexity index is 1240. The Morgan fingerprint density at radius 2 is 1.73 bits per heavy atom. The zero-order chi connectivity index (χ0) is 20.8. The van der Waals surface area contributed by atoms with Gasteiger partial charge in [-0.3, -0.25) is 4.79 Å². The van der Waals surface area contributed by atoms with Crippen LogP contribution in [0.1, 0.15) is 27.7 Å². The predicted octanol–water partition coefficient (Wildman–Crippen LogP) is 5.42. The molecule has 4 aromatic rings. The minimum absolute atomic E-state index is 0.119. The summed E-state index contributed by atoms with van der Waals surface area (Å²) < 4.78 is 0. The number of anilines is 1. The second-order valence-corrected chi connectivity index (χ2v) is 9.35. The van der Waals surface area contributed by atoms with E-state index in [2.05, 4.69) is 74.2 Å². The van der Waals surface area contributed by atoms with Crippen molar-refractivity contribution >= 4 is 44.1 Å². The number of hydrogen-bond acceptors (Lipinski definition) is 4. The molecule has 0 spiro atoms. The summed E-state index contributed by atoms with van der Waals surface area (Å²) in [5.41, 5.74) is 4.68. The Morgan fingerprint density at radius 1 is 0.967 bits per heavy atom. The first-order valence-corrected chi connectivity index (χ1v) is 11.2. The standard InChI is InChI=1S/C25H25N3OS/c1-16-5-8-21(9-6-16)28-11-10-27(15-18(28)3)25(29)23-14-20-13-19-7-4-17(2)12-22(19)26-24(20)30-23/h4-9,12-14,18H,10-11,15H2,1-3H3/t18-/m0/s1. The number of aryl methyl sites for hydroxylation is 2. The second kappa shape index (κ2) is 7.40. The zero-order valence-corrected chi connectivity index (χ0v) is 18.4. The molecule has 3 heterocycles. The first kappa shape index (κ1) is 19.1. The molecule has 5 heteroatoms. The molecule has 2 aromatic carbocycles. The van der Waals surface area contributed by atoms with E-state index in [0.717, 1.165) is 45.6 Å². The first-order valence-electron chi connectivity index (χ1n) is 10.4. The largest absolute Gasteiger partial charge is 0.365 e. The van der Waals surface area contributed by atoms with Gasteiger partial charge in [-0.1, -0.05) is 29.8 Å². The summed E-state index contributed by atoms with van der Waals surface area (Å²) in [7, 11) is 0. The zero-order valence-electron chi connectivity index (χ0n) is 17.6. The van der Waals surface area contributed by atoms with E-state index in [1.165, 1.54) is 28.2 Å². The Labute approximate surface area is 180 Å². The number of pyridine rings is 1. The molecule has 4 nitrogen and oxygen atoms in total. The van der Waals surface area contributed by atoms with Gasteiger partial charge < -0.3 is 9.80 Å². The lowest BCUT2D eigenvalue weighted by Crippen LogP contribution is -2.53. The van der Waals surface area contributed by atoms with Crippen LogP contribution >= 0.6 is 11.3 Å². The highest BCUT2D eigenvalue weighted by molar-refractivity contribution is 7.20. The summed E-state index contributed by atoms with van der Waals surface area (Å²) in [5, 5.41) is 2.16. The third-order valence-electron chi connectivity index (χ3n) is 5.95. The van der Waals surface area contributed by atoms with Crippen molar-refractivity contribution in [2.75, 3.05) is 24.5 Å². The van der Waals surface area contributed by atoms with Gasteiger partial charge in [-0.2, -0.15) is 0 Å². The molecule has 0 radical (unpaired) electrons. The average Bonchev–Trinajstić information content (AvgIpc) is 3.15.